The number of rotatable bonds is 5. The van der Waals surface area contributed by atoms with E-state index in [0.717, 1.165) is 64.1 Å². The van der Waals surface area contributed by atoms with E-state index < -0.39 is 0 Å². The minimum Gasteiger partial charge on any atom is -0.458 e. The maximum Gasteiger partial charge on any atom is 0.340 e. The van der Waals surface area contributed by atoms with Crippen LogP contribution in [0.2, 0.25) is 0 Å². The average molecular weight is 651 g/mol. The first-order valence-electron chi connectivity index (χ1n) is 15.5. The third kappa shape index (κ3) is 7.51. The minimum absolute atomic E-state index is 0. The van der Waals surface area contributed by atoms with E-state index in [1.54, 1.807) is 6.07 Å². The summed E-state index contributed by atoms with van der Waals surface area (Å²) in [5, 5.41) is 0. The van der Waals surface area contributed by atoms with Gasteiger partial charge in [-0.1, -0.05) is 87.0 Å². The third-order valence-electron chi connectivity index (χ3n) is 8.84. The van der Waals surface area contributed by atoms with E-state index in [4.69, 9.17) is 14.7 Å². The number of hydrogen-bond acceptors (Lipinski definition) is 5. The van der Waals surface area contributed by atoms with Crippen LogP contribution in [0.3, 0.4) is 0 Å². The Morgan fingerprint density at radius 2 is 1.44 bits per heavy atom. The number of nitrogens with zero attached hydrogens (tertiary/aromatic N) is 2. The number of esters is 1. The Balaban J connectivity index is 0.000000398. The van der Waals surface area contributed by atoms with E-state index in [1.807, 2.05) is 74.5 Å². The van der Waals surface area contributed by atoms with Gasteiger partial charge < -0.3 is 9.53 Å². The molecule has 3 aromatic carbocycles. The molecule has 3 unspecified atom stereocenters. The Hall–Kier alpha value is -3.89. The predicted molar refractivity (Wildman–Crippen MR) is 180 cm³/mol. The quantitative estimate of drug-likeness (QED) is 0.120. The summed E-state index contributed by atoms with van der Waals surface area (Å²) < 4.78 is 6.24. The Bertz CT molecular complexity index is 1660. The Morgan fingerprint density at radius 1 is 0.844 bits per heavy atom. The third-order valence-corrected chi connectivity index (χ3v) is 8.84. The number of aldehydes is 1. The molecule has 45 heavy (non-hydrogen) atoms. The van der Waals surface area contributed by atoms with Crippen LogP contribution in [0.25, 0.3) is 11.3 Å². The van der Waals surface area contributed by atoms with E-state index >= 15 is 0 Å². The van der Waals surface area contributed by atoms with Gasteiger partial charge in [-0.15, -0.1) is 12.1 Å². The van der Waals surface area contributed by atoms with E-state index in [9.17, 15) is 9.59 Å². The van der Waals surface area contributed by atoms with Gasteiger partial charge in [-0.2, -0.15) is 18.6 Å². The summed E-state index contributed by atoms with van der Waals surface area (Å²) in [4.78, 5) is 33.7. The van der Waals surface area contributed by atoms with Crippen molar-refractivity contribution in [3.8, 4) is 0 Å². The fraction of sp³-hybridized carbons (Fsp3) is 0.308. The van der Waals surface area contributed by atoms with Gasteiger partial charge in [0.1, 0.15) is 6.10 Å². The molecule has 2 aliphatic heterocycles. The second-order valence-corrected chi connectivity index (χ2v) is 12.3. The Labute approximate surface area is 280 Å². The van der Waals surface area contributed by atoms with E-state index in [-0.39, 0.29) is 37.6 Å². The monoisotopic (exact) mass is 649 g/mol. The fourth-order valence-corrected chi connectivity index (χ4v) is 6.85. The molecule has 3 atom stereocenters. The molecule has 0 amide bonds. The zero-order valence-electron chi connectivity index (χ0n) is 27.0. The second-order valence-electron chi connectivity index (χ2n) is 12.3. The minimum atomic E-state index is -0.293. The van der Waals surface area contributed by atoms with E-state index in [0.29, 0.717) is 28.9 Å². The van der Waals surface area contributed by atoms with Crippen LogP contribution in [-0.4, -0.2) is 35.8 Å². The van der Waals surface area contributed by atoms with Crippen LogP contribution in [0.15, 0.2) is 100 Å². The molecule has 1 fully saturated rings. The molecule has 0 spiro atoms. The molecule has 3 aliphatic rings. The number of benzene rings is 3. The fourth-order valence-electron chi connectivity index (χ4n) is 6.85. The maximum absolute atomic E-state index is 13.7. The predicted octanol–water partition coefficient (Wildman–Crippen LogP) is 8.44. The van der Waals surface area contributed by atoms with Crippen molar-refractivity contribution in [2.75, 3.05) is 0 Å². The summed E-state index contributed by atoms with van der Waals surface area (Å²) in [7, 11) is 0. The molecular formula is C39H41N2O3Zn-. The second kappa shape index (κ2) is 14.9. The molecule has 5 nitrogen and oxygen atoms in total. The van der Waals surface area contributed by atoms with Crippen molar-refractivity contribution >= 4 is 34.9 Å². The molecule has 2 heterocycles. The zero-order chi connectivity index (χ0) is 31.4. The van der Waals surface area contributed by atoms with E-state index in [2.05, 4.69) is 45.9 Å². The van der Waals surface area contributed by atoms with Crippen LogP contribution >= 0.6 is 0 Å². The molecule has 3 aromatic rings. The molecule has 0 N–H and O–H groups in total. The smallest absolute Gasteiger partial charge is 0.340 e. The summed E-state index contributed by atoms with van der Waals surface area (Å²) >= 11 is 0. The normalized spacial score (nSPS) is 24.5. The van der Waals surface area contributed by atoms with Gasteiger partial charge >= 0.3 is 5.97 Å². The number of fused-ring (bicyclic) bond motifs is 1. The summed E-state index contributed by atoms with van der Waals surface area (Å²) in [5.41, 5.74) is 8.85. The number of hydrogen-bond donors (Lipinski definition) is 0. The SMILES string of the molecule is CC1=NC(/C=C2\N=C(C)c3ccccc32)C(c2ccccc2)=C1C(=O)OC1C(C)CC(C)CC1C.[CH2-]c1ccccc1C=O.[Zn]. The largest absolute Gasteiger partial charge is 0.458 e. The molecule has 1 aliphatic carbocycles. The first kappa shape index (κ1) is 34.0. The van der Waals surface area contributed by atoms with Crippen molar-refractivity contribution < 1.29 is 33.8 Å². The molecule has 6 heteroatoms. The standard InChI is InChI=1S/C31H34N2O2.C8H7O.Zn/c1-18-15-19(2)30(20(3)16-18)35-31(34)28-22(5)33-27(29(28)23-11-7-6-8-12-23)17-26-25-14-10-9-13-24(25)21(4)32-26;1-7-4-2-3-5-8(7)6-9;/h6-14,17-20,27,30H,15-16H2,1-5H3;2-6H,1H2;/q;-1;/b26-17-;;. The van der Waals surface area contributed by atoms with Crippen molar-refractivity contribution in [1.29, 1.82) is 0 Å². The van der Waals surface area contributed by atoms with Gasteiger partial charge in [0.25, 0.3) is 0 Å². The number of aliphatic imine (C=N–C) groups is 2. The zero-order valence-corrected chi connectivity index (χ0v) is 30.0. The molecule has 0 radical (unpaired) electrons. The number of ether oxygens (including phenoxy) is 1. The van der Waals surface area contributed by atoms with Crippen molar-refractivity contribution in [2.24, 2.45) is 27.7 Å². The van der Waals surface area contributed by atoms with Crippen LogP contribution < -0.4 is 0 Å². The van der Waals surface area contributed by atoms with Crippen molar-refractivity contribution in [1.82, 2.24) is 0 Å². The summed E-state index contributed by atoms with van der Waals surface area (Å²) in [6, 6.07) is 25.3. The Kier molecular flexibility index (Phi) is 11.3. The van der Waals surface area contributed by atoms with Gasteiger partial charge in [0, 0.05) is 47.6 Å². The average Bonchev–Trinajstić information content (AvgIpc) is 3.51. The van der Waals surface area contributed by atoms with Crippen LogP contribution in [0.4, 0.5) is 0 Å². The molecule has 1 saturated carbocycles. The van der Waals surface area contributed by atoms with Crippen LogP contribution in [0.5, 0.6) is 0 Å². The van der Waals surface area contributed by atoms with Crippen LogP contribution in [-0.2, 0) is 29.0 Å². The van der Waals surface area contributed by atoms with Crippen molar-refractivity contribution in [3.05, 3.63) is 125 Å². The molecular weight excluding hydrogens is 610 g/mol. The van der Waals surface area contributed by atoms with Crippen molar-refractivity contribution in [3.63, 3.8) is 0 Å². The summed E-state index contributed by atoms with van der Waals surface area (Å²) in [6.07, 6.45) is 5.01. The molecule has 228 valence electrons. The van der Waals surface area contributed by atoms with E-state index in [1.165, 1.54) is 0 Å². The summed E-state index contributed by atoms with van der Waals surface area (Å²) in [5.74, 6) is 1.11. The van der Waals surface area contributed by atoms with Gasteiger partial charge in [-0.3, -0.25) is 9.98 Å². The molecule has 0 aromatic heterocycles. The summed E-state index contributed by atoms with van der Waals surface area (Å²) in [6.45, 7) is 14.3. The van der Waals surface area contributed by atoms with Gasteiger partial charge in [-0.25, -0.2) is 4.79 Å². The van der Waals surface area contributed by atoms with Crippen LogP contribution in [0, 0.1) is 24.7 Å². The first-order valence-corrected chi connectivity index (χ1v) is 15.5. The van der Waals surface area contributed by atoms with Gasteiger partial charge in [0.05, 0.1) is 23.6 Å². The molecule has 0 bridgehead atoms. The van der Waals surface area contributed by atoms with Crippen LogP contribution in [0.1, 0.15) is 80.1 Å². The number of carbonyl (C=O) groups excluding carboxylic acids is 2. The first-order chi connectivity index (χ1) is 21.2. The topological polar surface area (TPSA) is 68.1 Å². The van der Waals surface area contributed by atoms with Gasteiger partial charge in [0.2, 0.25) is 0 Å². The molecule has 0 saturated heterocycles. The Morgan fingerprint density at radius 3 is 2.07 bits per heavy atom. The maximum atomic E-state index is 13.7. The van der Waals surface area contributed by atoms with Gasteiger partial charge in [0.15, 0.2) is 0 Å². The van der Waals surface area contributed by atoms with Crippen molar-refractivity contribution in [2.45, 2.75) is 59.6 Å². The van der Waals surface area contributed by atoms with Gasteiger partial charge in [-0.05, 0) is 56.1 Å². The molecule has 6 rings (SSSR count). The number of carbonyl (C=O) groups is 2.